The van der Waals surface area contributed by atoms with Crippen LogP contribution in [-0.4, -0.2) is 16.1 Å². The zero-order valence-corrected chi connectivity index (χ0v) is 11.1. The first-order valence-corrected chi connectivity index (χ1v) is 5.70. The average molecular weight is 311 g/mol. The molecule has 0 aromatic rings. The second-order valence-electron chi connectivity index (χ2n) is 3.91. The van der Waals surface area contributed by atoms with Crippen molar-refractivity contribution < 1.29 is 4.79 Å². The van der Waals surface area contributed by atoms with Gasteiger partial charge < -0.3 is 5.32 Å². The van der Waals surface area contributed by atoms with Gasteiger partial charge in [-0.2, -0.15) is 0 Å². The number of halogens is 2. The number of allylic oxidation sites excluding steroid dienone is 2. The highest BCUT2D eigenvalue weighted by Crippen LogP contribution is 2.52. The van der Waals surface area contributed by atoms with Gasteiger partial charge in [-0.1, -0.05) is 45.7 Å². The Bertz CT molecular complexity index is 269. The second kappa shape index (κ2) is 3.39. The Morgan fingerprint density at radius 1 is 1.46 bits per heavy atom. The van der Waals surface area contributed by atoms with Crippen LogP contribution in [0.3, 0.4) is 0 Å². The van der Waals surface area contributed by atoms with E-state index in [1.54, 1.807) is 6.08 Å². The van der Waals surface area contributed by atoms with Crippen LogP contribution in [0.5, 0.6) is 0 Å². The fourth-order valence-electron chi connectivity index (χ4n) is 1.44. The van der Waals surface area contributed by atoms with Gasteiger partial charge >= 0.3 is 0 Å². The largest absolute Gasteiger partial charge is 0.389 e. The van der Waals surface area contributed by atoms with E-state index in [1.807, 2.05) is 7.05 Å². The van der Waals surface area contributed by atoms with E-state index in [4.69, 9.17) is 0 Å². The van der Waals surface area contributed by atoms with Gasteiger partial charge in [-0.05, 0) is 0 Å². The molecule has 13 heavy (non-hydrogen) atoms. The van der Waals surface area contributed by atoms with E-state index in [0.29, 0.717) is 6.42 Å². The lowest BCUT2D eigenvalue weighted by atomic mass is 9.78. The van der Waals surface area contributed by atoms with Gasteiger partial charge in [0.15, 0.2) is 5.78 Å². The molecule has 0 spiro atoms. The summed E-state index contributed by atoms with van der Waals surface area (Å²) in [6.45, 7) is 4.11. The average Bonchev–Trinajstić information content (AvgIpc) is 1.96. The van der Waals surface area contributed by atoms with Crippen molar-refractivity contribution in [2.24, 2.45) is 5.41 Å². The van der Waals surface area contributed by atoms with E-state index in [1.165, 1.54) is 0 Å². The predicted molar refractivity (Wildman–Crippen MR) is 61.1 cm³/mol. The first kappa shape index (κ1) is 11.2. The molecule has 0 atom stereocenters. The van der Waals surface area contributed by atoms with E-state index in [-0.39, 0.29) is 14.4 Å². The van der Waals surface area contributed by atoms with Crippen LogP contribution in [0.4, 0.5) is 0 Å². The molecule has 0 aliphatic heterocycles. The highest BCUT2D eigenvalue weighted by Gasteiger charge is 2.47. The molecule has 0 bridgehead atoms. The molecule has 1 aliphatic rings. The monoisotopic (exact) mass is 309 g/mol. The van der Waals surface area contributed by atoms with E-state index >= 15 is 0 Å². The highest BCUT2D eigenvalue weighted by atomic mass is 79.9. The maximum atomic E-state index is 11.4. The molecule has 0 saturated heterocycles. The summed E-state index contributed by atoms with van der Waals surface area (Å²) >= 11 is 7.20. The predicted octanol–water partition coefficient (Wildman–Crippen LogP) is 2.57. The summed E-state index contributed by atoms with van der Waals surface area (Å²) in [6.07, 6.45) is 2.20. The van der Waals surface area contributed by atoms with Crippen LogP contribution in [0.25, 0.3) is 0 Å². The van der Waals surface area contributed by atoms with E-state index in [2.05, 4.69) is 51.0 Å². The standard InChI is InChI=1S/C9H13Br2NO/c1-8(2)5-6(13)4-7(12-3)9(8,10)11/h4,12H,5H2,1-3H3. The van der Waals surface area contributed by atoms with Gasteiger partial charge in [0, 0.05) is 30.7 Å². The lowest BCUT2D eigenvalue weighted by molar-refractivity contribution is -0.117. The third-order valence-electron chi connectivity index (χ3n) is 2.38. The van der Waals surface area contributed by atoms with Crippen molar-refractivity contribution >= 4 is 37.6 Å². The molecular formula is C9H13Br2NO. The van der Waals surface area contributed by atoms with Gasteiger partial charge in [-0.25, -0.2) is 0 Å². The van der Waals surface area contributed by atoms with E-state index in [0.717, 1.165) is 5.70 Å². The summed E-state index contributed by atoms with van der Waals surface area (Å²) in [7, 11) is 1.82. The van der Waals surface area contributed by atoms with Crippen molar-refractivity contribution in [1.29, 1.82) is 0 Å². The Kier molecular flexibility index (Phi) is 2.93. The fraction of sp³-hybridized carbons (Fsp3) is 0.667. The van der Waals surface area contributed by atoms with Gasteiger partial charge in [-0.3, -0.25) is 4.79 Å². The third-order valence-corrected chi connectivity index (χ3v) is 5.38. The first-order valence-electron chi connectivity index (χ1n) is 4.12. The number of ketones is 1. The number of alkyl halides is 2. The maximum Gasteiger partial charge on any atom is 0.158 e. The molecule has 0 aromatic carbocycles. The van der Waals surface area contributed by atoms with Crippen molar-refractivity contribution in [3.63, 3.8) is 0 Å². The normalized spacial score (nSPS) is 25.3. The van der Waals surface area contributed by atoms with Crippen LogP contribution in [0.15, 0.2) is 11.8 Å². The quantitative estimate of drug-likeness (QED) is 0.754. The van der Waals surface area contributed by atoms with Gasteiger partial charge in [0.2, 0.25) is 0 Å². The molecule has 0 fully saturated rings. The maximum absolute atomic E-state index is 11.4. The summed E-state index contributed by atoms with van der Waals surface area (Å²) in [5, 5.41) is 3.03. The van der Waals surface area contributed by atoms with Crippen molar-refractivity contribution in [1.82, 2.24) is 5.32 Å². The molecule has 1 aliphatic carbocycles. The van der Waals surface area contributed by atoms with Gasteiger partial charge in [-0.15, -0.1) is 0 Å². The lowest BCUT2D eigenvalue weighted by Gasteiger charge is -2.41. The Hall–Kier alpha value is 0.170. The summed E-state index contributed by atoms with van der Waals surface area (Å²) in [5.41, 5.74) is 0.755. The molecule has 4 heteroatoms. The van der Waals surface area contributed by atoms with Gasteiger partial charge in [0.1, 0.15) is 3.23 Å². The van der Waals surface area contributed by atoms with Crippen molar-refractivity contribution in [2.45, 2.75) is 23.5 Å². The first-order chi connectivity index (χ1) is 5.81. The molecular weight excluding hydrogens is 298 g/mol. The zero-order chi connectivity index (χ0) is 10.3. The molecule has 0 unspecified atom stereocenters. The van der Waals surface area contributed by atoms with E-state index in [9.17, 15) is 4.79 Å². The number of carbonyl (C=O) groups is 1. The minimum absolute atomic E-state index is 0.128. The number of nitrogens with one attached hydrogen (secondary N) is 1. The van der Waals surface area contributed by atoms with Crippen molar-refractivity contribution in [3.8, 4) is 0 Å². The summed E-state index contributed by atoms with van der Waals surface area (Å²) in [6, 6.07) is 0. The molecule has 1 rings (SSSR count). The third kappa shape index (κ3) is 1.84. The van der Waals surface area contributed by atoms with Crippen LogP contribution in [-0.2, 0) is 4.79 Å². The molecule has 2 nitrogen and oxygen atoms in total. The molecule has 0 radical (unpaired) electrons. The van der Waals surface area contributed by atoms with Crippen LogP contribution in [0, 0.1) is 5.41 Å². The smallest absolute Gasteiger partial charge is 0.158 e. The molecule has 0 heterocycles. The number of hydrogen-bond donors (Lipinski definition) is 1. The van der Waals surface area contributed by atoms with Crippen molar-refractivity contribution in [3.05, 3.63) is 11.8 Å². The molecule has 0 saturated carbocycles. The Morgan fingerprint density at radius 3 is 2.46 bits per heavy atom. The number of hydrogen-bond acceptors (Lipinski definition) is 2. The Labute approximate surface area is 95.4 Å². The molecule has 74 valence electrons. The van der Waals surface area contributed by atoms with Gasteiger partial charge in [0.05, 0.1) is 0 Å². The second-order valence-corrected chi connectivity index (χ2v) is 7.35. The van der Waals surface area contributed by atoms with Crippen LogP contribution >= 0.6 is 31.9 Å². The van der Waals surface area contributed by atoms with Crippen LogP contribution in [0.2, 0.25) is 0 Å². The fourth-order valence-corrected chi connectivity index (χ4v) is 2.35. The van der Waals surface area contributed by atoms with Gasteiger partial charge in [0.25, 0.3) is 0 Å². The molecule has 0 aromatic heterocycles. The topological polar surface area (TPSA) is 29.1 Å². The zero-order valence-electron chi connectivity index (χ0n) is 7.95. The van der Waals surface area contributed by atoms with Crippen molar-refractivity contribution in [2.75, 3.05) is 7.05 Å². The molecule has 1 N–H and O–H groups in total. The summed E-state index contributed by atoms with van der Waals surface area (Å²) in [4.78, 5) is 11.4. The van der Waals surface area contributed by atoms with Crippen LogP contribution in [0.1, 0.15) is 20.3 Å². The van der Waals surface area contributed by atoms with E-state index < -0.39 is 0 Å². The van der Waals surface area contributed by atoms with Crippen LogP contribution < -0.4 is 5.32 Å². The summed E-state index contributed by atoms with van der Waals surface area (Å²) < 4.78 is -0.324. The number of carbonyl (C=O) groups excluding carboxylic acids is 1. The minimum atomic E-state index is -0.324. The molecule has 0 amide bonds. The number of rotatable bonds is 1. The minimum Gasteiger partial charge on any atom is -0.389 e. The lowest BCUT2D eigenvalue weighted by Crippen LogP contribution is -2.44. The summed E-state index contributed by atoms with van der Waals surface area (Å²) in [5.74, 6) is 0.170. The Morgan fingerprint density at radius 2 is 2.00 bits per heavy atom. The SMILES string of the molecule is CNC1=CC(=O)CC(C)(C)C1(Br)Br. The Balaban J connectivity index is 3.15. The highest BCUT2D eigenvalue weighted by molar-refractivity contribution is 9.25.